The first-order valence-electron chi connectivity index (χ1n) is 13.4. The molecule has 3 aromatic carbocycles. The summed E-state index contributed by atoms with van der Waals surface area (Å²) in [4.78, 5) is 29.5. The maximum absolute atomic E-state index is 14.1. The number of sulfonamides is 1. The van der Waals surface area contributed by atoms with Crippen LogP contribution in [0.4, 0.5) is 5.69 Å². The van der Waals surface area contributed by atoms with E-state index in [9.17, 15) is 18.0 Å². The highest BCUT2D eigenvalue weighted by atomic mass is 32.2. The van der Waals surface area contributed by atoms with Gasteiger partial charge in [-0.2, -0.15) is 0 Å². The molecule has 0 aliphatic heterocycles. The van der Waals surface area contributed by atoms with Crippen LogP contribution in [-0.2, 0) is 32.6 Å². The van der Waals surface area contributed by atoms with Crippen LogP contribution in [0.5, 0.6) is 0 Å². The van der Waals surface area contributed by atoms with Crippen LogP contribution in [0.3, 0.4) is 0 Å². The van der Waals surface area contributed by atoms with Gasteiger partial charge in [0.1, 0.15) is 12.6 Å². The molecule has 206 valence electrons. The monoisotopic (exact) mass is 547 g/mol. The normalized spacial score (nSPS) is 14.5. The first kappa shape index (κ1) is 28.4. The molecule has 0 heterocycles. The van der Waals surface area contributed by atoms with Crippen molar-refractivity contribution in [1.82, 2.24) is 10.2 Å². The molecule has 0 aromatic heterocycles. The minimum atomic E-state index is -3.78. The Morgan fingerprint density at radius 1 is 0.872 bits per heavy atom. The second-order valence-electron chi connectivity index (χ2n) is 10.3. The molecule has 3 aromatic rings. The number of hydrogen-bond acceptors (Lipinski definition) is 4. The molecular weight excluding hydrogens is 510 g/mol. The number of hydrogen-bond donors (Lipinski definition) is 1. The number of benzene rings is 3. The summed E-state index contributed by atoms with van der Waals surface area (Å²) in [6, 6.07) is 25.5. The van der Waals surface area contributed by atoms with Crippen molar-refractivity contribution < 1.29 is 18.0 Å². The molecule has 0 bridgehead atoms. The fraction of sp³-hybridized carbons (Fsp3) is 0.355. The van der Waals surface area contributed by atoms with Gasteiger partial charge < -0.3 is 10.2 Å². The molecule has 1 N–H and O–H groups in total. The van der Waals surface area contributed by atoms with E-state index < -0.39 is 28.5 Å². The number of para-hydroxylation sites is 1. The Morgan fingerprint density at radius 2 is 1.44 bits per heavy atom. The lowest BCUT2D eigenvalue weighted by atomic mass is 10.0. The molecule has 1 saturated carbocycles. The highest BCUT2D eigenvalue weighted by Gasteiger charge is 2.34. The van der Waals surface area contributed by atoms with Crippen LogP contribution < -0.4 is 9.62 Å². The van der Waals surface area contributed by atoms with Crippen LogP contribution in [0.25, 0.3) is 0 Å². The Labute approximate surface area is 231 Å². The summed E-state index contributed by atoms with van der Waals surface area (Å²) >= 11 is 0. The van der Waals surface area contributed by atoms with Crippen molar-refractivity contribution in [2.45, 2.75) is 57.7 Å². The smallest absolute Gasteiger partial charge is 0.244 e. The molecular formula is C31H37N3O4S. The number of carbonyl (C=O) groups excluding carboxylic acids is 2. The third-order valence-electron chi connectivity index (χ3n) is 7.23. The number of rotatable bonds is 11. The molecule has 39 heavy (non-hydrogen) atoms. The average molecular weight is 548 g/mol. The number of amides is 2. The molecule has 0 unspecified atom stereocenters. The zero-order valence-electron chi connectivity index (χ0n) is 22.6. The quantitative estimate of drug-likeness (QED) is 0.384. The second-order valence-corrected chi connectivity index (χ2v) is 12.2. The Morgan fingerprint density at radius 3 is 2.03 bits per heavy atom. The lowest BCUT2D eigenvalue weighted by Crippen LogP contribution is -2.54. The molecule has 2 amide bonds. The van der Waals surface area contributed by atoms with Crippen LogP contribution in [0, 0.1) is 6.92 Å². The van der Waals surface area contributed by atoms with Gasteiger partial charge in [0.25, 0.3) is 0 Å². The molecule has 1 atom stereocenters. The van der Waals surface area contributed by atoms with Gasteiger partial charge in [-0.1, -0.05) is 91.7 Å². The lowest BCUT2D eigenvalue weighted by molar-refractivity contribution is -0.140. The van der Waals surface area contributed by atoms with Crippen molar-refractivity contribution in [3.63, 3.8) is 0 Å². The van der Waals surface area contributed by atoms with Gasteiger partial charge in [0, 0.05) is 19.0 Å². The summed E-state index contributed by atoms with van der Waals surface area (Å²) in [5, 5.41) is 3.18. The molecule has 0 saturated heterocycles. The number of aryl methyl sites for hydroxylation is 1. The van der Waals surface area contributed by atoms with Crippen molar-refractivity contribution >= 4 is 27.5 Å². The largest absolute Gasteiger partial charge is 0.352 e. The number of anilines is 1. The maximum atomic E-state index is 14.1. The van der Waals surface area contributed by atoms with Gasteiger partial charge in [-0.15, -0.1) is 0 Å². The van der Waals surface area contributed by atoms with Crippen LogP contribution in [0.1, 0.15) is 42.4 Å². The Hall–Kier alpha value is -3.65. The van der Waals surface area contributed by atoms with Crippen molar-refractivity contribution in [2.75, 3.05) is 17.1 Å². The Balaban J connectivity index is 1.71. The van der Waals surface area contributed by atoms with Gasteiger partial charge in [-0.05, 0) is 42.5 Å². The van der Waals surface area contributed by atoms with E-state index in [0.717, 1.165) is 52.9 Å². The lowest BCUT2D eigenvalue weighted by Gasteiger charge is -2.34. The second kappa shape index (κ2) is 12.9. The van der Waals surface area contributed by atoms with E-state index in [1.165, 1.54) is 0 Å². The van der Waals surface area contributed by atoms with Crippen LogP contribution in [0.2, 0.25) is 0 Å². The average Bonchev–Trinajstić information content (AvgIpc) is 3.43. The molecule has 0 radical (unpaired) electrons. The Bertz CT molecular complexity index is 1360. The predicted molar refractivity (Wildman–Crippen MR) is 155 cm³/mol. The van der Waals surface area contributed by atoms with Crippen molar-refractivity contribution in [3.05, 3.63) is 102 Å². The minimum absolute atomic E-state index is 0.0870. The van der Waals surface area contributed by atoms with Gasteiger partial charge in [-0.3, -0.25) is 13.9 Å². The van der Waals surface area contributed by atoms with Crippen molar-refractivity contribution in [1.29, 1.82) is 0 Å². The molecule has 0 spiro atoms. The number of nitrogens with one attached hydrogen (secondary N) is 1. The van der Waals surface area contributed by atoms with E-state index >= 15 is 0 Å². The van der Waals surface area contributed by atoms with Gasteiger partial charge in [0.2, 0.25) is 21.8 Å². The van der Waals surface area contributed by atoms with Gasteiger partial charge in [-0.25, -0.2) is 8.42 Å². The summed E-state index contributed by atoms with van der Waals surface area (Å²) in [5.74, 6) is -0.646. The number of nitrogens with zero attached hydrogens (tertiary/aromatic N) is 2. The molecule has 7 nitrogen and oxygen atoms in total. The number of carbonyl (C=O) groups is 2. The molecule has 1 aliphatic rings. The Kier molecular flexibility index (Phi) is 9.41. The molecule has 8 heteroatoms. The summed E-state index contributed by atoms with van der Waals surface area (Å²) < 4.78 is 26.9. The standard InChI is InChI=1S/C31H37N3O4S/c1-24-13-9-12-20-28(24)34(39(2,37)38)23-30(35)33(22-26-16-7-4-8-17-26)29(21-25-14-5-3-6-15-25)31(36)32-27-18-10-11-19-27/h3-9,12-17,20,27,29H,10-11,18-19,21-23H2,1-2H3,(H,32,36)/t29-/m0/s1. The van der Waals surface area contributed by atoms with Crippen LogP contribution in [-0.4, -0.2) is 50.0 Å². The van der Waals surface area contributed by atoms with E-state index in [1.807, 2.05) is 79.7 Å². The molecule has 1 aliphatic carbocycles. The van der Waals surface area contributed by atoms with Crippen LogP contribution in [0.15, 0.2) is 84.9 Å². The summed E-state index contributed by atoms with van der Waals surface area (Å²) in [7, 11) is -3.78. The summed E-state index contributed by atoms with van der Waals surface area (Å²) in [6.07, 6.45) is 5.41. The van der Waals surface area contributed by atoms with E-state index in [2.05, 4.69) is 5.32 Å². The molecule has 4 rings (SSSR count). The third kappa shape index (κ3) is 7.69. The fourth-order valence-corrected chi connectivity index (χ4v) is 6.05. The third-order valence-corrected chi connectivity index (χ3v) is 8.36. The predicted octanol–water partition coefficient (Wildman–Crippen LogP) is 4.46. The highest BCUT2D eigenvalue weighted by molar-refractivity contribution is 7.92. The first-order chi connectivity index (χ1) is 18.7. The minimum Gasteiger partial charge on any atom is -0.352 e. The first-order valence-corrected chi connectivity index (χ1v) is 15.3. The summed E-state index contributed by atoms with van der Waals surface area (Å²) in [5.41, 5.74) is 2.97. The highest BCUT2D eigenvalue weighted by Crippen LogP contribution is 2.24. The van der Waals surface area contributed by atoms with Gasteiger partial charge >= 0.3 is 0 Å². The topological polar surface area (TPSA) is 86.8 Å². The van der Waals surface area contributed by atoms with Crippen molar-refractivity contribution in [2.24, 2.45) is 0 Å². The van der Waals surface area contributed by atoms with E-state index in [4.69, 9.17) is 0 Å². The summed E-state index contributed by atoms with van der Waals surface area (Å²) in [6.45, 7) is 1.59. The fourth-order valence-electron chi connectivity index (χ4n) is 5.14. The van der Waals surface area contributed by atoms with E-state index in [0.29, 0.717) is 12.1 Å². The van der Waals surface area contributed by atoms with E-state index in [1.54, 1.807) is 17.0 Å². The zero-order valence-corrected chi connectivity index (χ0v) is 23.4. The van der Waals surface area contributed by atoms with Crippen molar-refractivity contribution in [3.8, 4) is 0 Å². The van der Waals surface area contributed by atoms with Gasteiger partial charge in [0.15, 0.2) is 0 Å². The van der Waals surface area contributed by atoms with Crippen LogP contribution >= 0.6 is 0 Å². The molecule has 1 fully saturated rings. The SMILES string of the molecule is Cc1ccccc1N(CC(=O)N(Cc1ccccc1)[C@@H](Cc1ccccc1)C(=O)NC1CCCC1)S(C)(=O)=O. The maximum Gasteiger partial charge on any atom is 0.244 e. The van der Waals surface area contributed by atoms with E-state index in [-0.39, 0.29) is 18.5 Å². The van der Waals surface area contributed by atoms with Gasteiger partial charge in [0.05, 0.1) is 11.9 Å². The zero-order chi connectivity index (χ0) is 27.8.